The van der Waals surface area contributed by atoms with Gasteiger partial charge in [0, 0.05) is 22.6 Å². The summed E-state index contributed by atoms with van der Waals surface area (Å²) in [7, 11) is 0. The third-order valence-electron chi connectivity index (χ3n) is 4.61. The van der Waals surface area contributed by atoms with Gasteiger partial charge in [-0.25, -0.2) is 0 Å². The lowest BCUT2D eigenvalue weighted by molar-refractivity contribution is -0.115. The van der Waals surface area contributed by atoms with Crippen molar-refractivity contribution in [3.8, 4) is 11.5 Å². The molecule has 1 N–H and O–H groups in total. The Bertz CT molecular complexity index is 924. The number of fused-ring (bicyclic) bond motifs is 1. The van der Waals surface area contributed by atoms with Crippen molar-refractivity contribution in [2.24, 2.45) is 0 Å². The van der Waals surface area contributed by atoms with Crippen LogP contribution in [-0.4, -0.2) is 21.9 Å². The predicted molar refractivity (Wildman–Crippen MR) is 107 cm³/mol. The molecular weight excluding hydrogens is 358 g/mol. The zero-order chi connectivity index (χ0) is 18.5. The van der Waals surface area contributed by atoms with Crippen molar-refractivity contribution >= 4 is 23.7 Å². The number of rotatable bonds is 6. The maximum Gasteiger partial charge on any atom is 0.322 e. The number of benzene rings is 2. The van der Waals surface area contributed by atoms with Gasteiger partial charge in [-0.3, -0.25) is 10.1 Å². The molecular formula is C21H21N3O2S. The Labute approximate surface area is 162 Å². The molecule has 4 rings (SSSR count). The number of nitrogens with one attached hydrogen (secondary N) is 1. The molecule has 0 atom stereocenters. The Morgan fingerprint density at radius 2 is 1.85 bits per heavy atom. The van der Waals surface area contributed by atoms with Crippen molar-refractivity contribution in [1.29, 1.82) is 0 Å². The molecule has 0 radical (unpaired) electrons. The smallest absolute Gasteiger partial charge is 0.322 e. The van der Waals surface area contributed by atoms with Crippen LogP contribution in [0.1, 0.15) is 30.4 Å². The van der Waals surface area contributed by atoms with Gasteiger partial charge in [0.25, 0.3) is 0 Å². The fraction of sp³-hybridized carbons (Fsp3) is 0.286. The van der Waals surface area contributed by atoms with E-state index in [9.17, 15) is 4.79 Å². The molecule has 1 aliphatic rings. The average Bonchev–Trinajstić information content (AvgIpc) is 3.17. The molecule has 0 bridgehead atoms. The molecule has 0 aliphatic heterocycles. The first-order valence-electron chi connectivity index (χ1n) is 9.21. The maximum absolute atomic E-state index is 12.1. The molecule has 1 aliphatic carbocycles. The van der Waals surface area contributed by atoms with E-state index >= 15 is 0 Å². The van der Waals surface area contributed by atoms with Gasteiger partial charge in [-0.1, -0.05) is 29.4 Å². The summed E-state index contributed by atoms with van der Waals surface area (Å²) in [5.74, 6) is 1.01. The summed E-state index contributed by atoms with van der Waals surface area (Å²) in [6.07, 6.45) is 5.10. The third kappa shape index (κ3) is 4.57. The topological polar surface area (TPSA) is 68.0 Å². The number of carbonyl (C=O) groups excluding carboxylic acids is 1. The number of carbonyl (C=O) groups is 1. The largest absolute Gasteiger partial charge is 0.403 e. The zero-order valence-corrected chi connectivity index (χ0v) is 15.8. The van der Waals surface area contributed by atoms with Gasteiger partial charge in [-0.15, -0.1) is 16.9 Å². The number of nitrogens with zero attached hydrogens (tertiary/aromatic N) is 2. The second-order valence-corrected chi connectivity index (χ2v) is 7.73. The second kappa shape index (κ2) is 8.39. The normalized spacial score (nSPS) is 13.2. The quantitative estimate of drug-likeness (QED) is 0.627. The van der Waals surface area contributed by atoms with E-state index in [-0.39, 0.29) is 11.9 Å². The number of hydrogen-bond donors (Lipinski definition) is 1. The number of thioether (sulfide) groups is 1. The second-order valence-electron chi connectivity index (χ2n) is 6.56. The molecule has 6 heteroatoms. The lowest BCUT2D eigenvalue weighted by Crippen LogP contribution is -2.12. The number of amides is 1. The van der Waals surface area contributed by atoms with E-state index in [0.29, 0.717) is 18.1 Å². The van der Waals surface area contributed by atoms with Crippen molar-refractivity contribution in [2.75, 3.05) is 11.1 Å². The van der Waals surface area contributed by atoms with Gasteiger partial charge < -0.3 is 4.42 Å². The van der Waals surface area contributed by atoms with Gasteiger partial charge >= 0.3 is 6.01 Å². The molecule has 0 fully saturated rings. The van der Waals surface area contributed by atoms with Gasteiger partial charge in [-0.05, 0) is 61.1 Å². The minimum atomic E-state index is -0.126. The van der Waals surface area contributed by atoms with Gasteiger partial charge in [0.15, 0.2) is 0 Å². The summed E-state index contributed by atoms with van der Waals surface area (Å²) >= 11 is 1.65. The van der Waals surface area contributed by atoms with E-state index < -0.39 is 0 Å². The van der Waals surface area contributed by atoms with Crippen LogP contribution in [0.3, 0.4) is 0 Å². The summed E-state index contributed by atoms with van der Waals surface area (Å²) in [6.45, 7) is 0. The fourth-order valence-corrected chi connectivity index (χ4v) is 4.09. The van der Waals surface area contributed by atoms with Crippen molar-refractivity contribution in [3.05, 3.63) is 59.7 Å². The maximum atomic E-state index is 12.1. The van der Waals surface area contributed by atoms with Crippen molar-refractivity contribution in [2.45, 2.75) is 37.0 Å². The van der Waals surface area contributed by atoms with Crippen molar-refractivity contribution in [3.63, 3.8) is 0 Å². The van der Waals surface area contributed by atoms with Crippen molar-refractivity contribution < 1.29 is 9.21 Å². The first-order valence-corrected chi connectivity index (χ1v) is 10.2. The monoisotopic (exact) mass is 379 g/mol. The van der Waals surface area contributed by atoms with Crippen LogP contribution in [0.15, 0.2) is 57.8 Å². The fourth-order valence-electron chi connectivity index (χ4n) is 3.22. The van der Waals surface area contributed by atoms with Crippen LogP contribution < -0.4 is 5.32 Å². The van der Waals surface area contributed by atoms with E-state index in [1.165, 1.54) is 24.0 Å². The van der Waals surface area contributed by atoms with Crippen LogP contribution in [-0.2, 0) is 17.6 Å². The van der Waals surface area contributed by atoms with Gasteiger partial charge in [-0.2, -0.15) is 0 Å². The Kier molecular flexibility index (Phi) is 5.53. The predicted octanol–water partition coefficient (Wildman–Crippen LogP) is 4.74. The lowest BCUT2D eigenvalue weighted by Gasteiger charge is -2.15. The minimum absolute atomic E-state index is 0.126. The van der Waals surface area contributed by atoms with Gasteiger partial charge in [0.05, 0.1) is 0 Å². The van der Waals surface area contributed by atoms with Crippen molar-refractivity contribution in [1.82, 2.24) is 10.2 Å². The molecule has 5 nitrogen and oxygen atoms in total. The number of aromatic nitrogens is 2. The van der Waals surface area contributed by atoms with Crippen LogP contribution in [0.25, 0.3) is 11.5 Å². The highest BCUT2D eigenvalue weighted by molar-refractivity contribution is 7.99. The van der Waals surface area contributed by atoms with E-state index in [1.807, 2.05) is 36.4 Å². The first kappa shape index (κ1) is 17.8. The zero-order valence-electron chi connectivity index (χ0n) is 15.0. The number of anilines is 1. The minimum Gasteiger partial charge on any atom is -0.403 e. The number of aryl methyl sites for hydroxylation is 2. The highest BCUT2D eigenvalue weighted by Crippen LogP contribution is 2.27. The summed E-state index contributed by atoms with van der Waals surface area (Å²) < 4.78 is 5.64. The number of hydrogen-bond acceptors (Lipinski definition) is 5. The third-order valence-corrected chi connectivity index (χ3v) is 5.62. The van der Waals surface area contributed by atoms with Gasteiger partial charge in [0.2, 0.25) is 11.8 Å². The molecule has 1 aromatic heterocycles. The molecule has 27 heavy (non-hydrogen) atoms. The standard InChI is InChI=1S/C21H21N3O2S/c25-19(12-13-27-18-8-2-1-3-9-18)22-21-24-23-20(26-21)17-11-10-15-6-4-5-7-16(15)14-17/h1-3,8-11,14H,4-7,12-13H2,(H,22,24,25). The van der Waals surface area contributed by atoms with Crippen LogP contribution >= 0.6 is 11.8 Å². The SMILES string of the molecule is O=C(CCSc1ccccc1)Nc1nnc(-c2ccc3c(c2)CCCC3)o1. The van der Waals surface area contributed by atoms with Crippen LogP contribution in [0.4, 0.5) is 6.01 Å². The molecule has 1 amide bonds. The molecule has 0 saturated carbocycles. The lowest BCUT2D eigenvalue weighted by atomic mass is 9.90. The van der Waals surface area contributed by atoms with E-state index in [1.54, 1.807) is 11.8 Å². The molecule has 2 aromatic carbocycles. The summed E-state index contributed by atoms with van der Waals surface area (Å²) in [4.78, 5) is 13.2. The highest BCUT2D eigenvalue weighted by Gasteiger charge is 2.15. The van der Waals surface area contributed by atoms with E-state index in [4.69, 9.17) is 4.42 Å². The van der Waals surface area contributed by atoms with Gasteiger partial charge in [0.1, 0.15) is 0 Å². The first-order chi connectivity index (χ1) is 13.3. The summed E-state index contributed by atoms with van der Waals surface area (Å²) in [6, 6.07) is 16.5. The Balaban J connectivity index is 1.33. The Morgan fingerprint density at radius 3 is 2.70 bits per heavy atom. The Hall–Kier alpha value is -2.60. The molecule has 138 valence electrons. The van der Waals surface area contributed by atoms with Crippen LogP contribution in [0.2, 0.25) is 0 Å². The van der Waals surface area contributed by atoms with E-state index in [2.05, 4.69) is 27.6 Å². The van der Waals surface area contributed by atoms with Crippen LogP contribution in [0.5, 0.6) is 0 Å². The molecule has 0 saturated heterocycles. The molecule has 0 unspecified atom stereocenters. The van der Waals surface area contributed by atoms with E-state index in [0.717, 1.165) is 23.3 Å². The molecule has 0 spiro atoms. The molecule has 3 aromatic rings. The highest BCUT2D eigenvalue weighted by atomic mass is 32.2. The molecule has 1 heterocycles. The average molecular weight is 379 g/mol. The Morgan fingerprint density at radius 1 is 1.04 bits per heavy atom. The summed E-state index contributed by atoms with van der Waals surface area (Å²) in [5.41, 5.74) is 3.68. The van der Waals surface area contributed by atoms with Crippen LogP contribution in [0, 0.1) is 0 Å². The summed E-state index contributed by atoms with van der Waals surface area (Å²) in [5, 5.41) is 10.7.